The van der Waals surface area contributed by atoms with Crippen LogP contribution in [0.3, 0.4) is 0 Å². The molecular formula is C15H24N2O3. The van der Waals surface area contributed by atoms with E-state index in [2.05, 4.69) is 10.6 Å². The maximum Gasteiger partial charge on any atom is 0.224 e. The topological polar surface area (TPSA) is 70.6 Å². The van der Waals surface area contributed by atoms with Crippen molar-refractivity contribution in [2.24, 2.45) is 0 Å². The summed E-state index contributed by atoms with van der Waals surface area (Å²) in [5.41, 5.74) is 1.56. The Morgan fingerprint density at radius 1 is 1.35 bits per heavy atom. The van der Waals surface area contributed by atoms with Gasteiger partial charge in [0.25, 0.3) is 0 Å². The van der Waals surface area contributed by atoms with Crippen molar-refractivity contribution < 1.29 is 14.6 Å². The Morgan fingerprint density at radius 2 is 2.00 bits per heavy atom. The first-order valence-electron chi connectivity index (χ1n) is 6.88. The Balaban J connectivity index is 2.56. The van der Waals surface area contributed by atoms with Gasteiger partial charge in [0.15, 0.2) is 0 Å². The van der Waals surface area contributed by atoms with Crippen LogP contribution in [0.1, 0.15) is 31.9 Å². The van der Waals surface area contributed by atoms with Gasteiger partial charge in [-0.3, -0.25) is 4.79 Å². The average molecular weight is 280 g/mol. The normalized spacial score (nSPS) is 13.8. The van der Waals surface area contributed by atoms with E-state index in [1.54, 1.807) is 26.2 Å². The van der Waals surface area contributed by atoms with Crippen LogP contribution in [0.15, 0.2) is 24.3 Å². The van der Waals surface area contributed by atoms with E-state index in [0.717, 1.165) is 11.3 Å². The lowest BCUT2D eigenvalue weighted by Crippen LogP contribution is -2.34. The predicted octanol–water partition coefficient (Wildman–Crippen LogP) is 1.69. The summed E-state index contributed by atoms with van der Waals surface area (Å²) in [5, 5.41) is 16.2. The maximum atomic E-state index is 11.3. The summed E-state index contributed by atoms with van der Waals surface area (Å²) in [7, 11) is 1.64. The molecule has 0 aliphatic heterocycles. The Hall–Kier alpha value is -1.43. The standard InChI is InChI=1S/C15H24N2O3/c1-4-14(18)17-13-7-5-12(6-8-13)15(19)11(2)16-9-10-20-3/h5-8,11,15-16,19H,4,9-10H2,1-3H3,(H,17,18). The number of anilines is 1. The summed E-state index contributed by atoms with van der Waals surface area (Å²) in [4.78, 5) is 11.3. The zero-order chi connectivity index (χ0) is 15.0. The molecule has 0 fully saturated rings. The molecule has 1 aromatic carbocycles. The number of aliphatic hydroxyl groups is 1. The molecule has 1 rings (SSSR count). The van der Waals surface area contributed by atoms with Gasteiger partial charge < -0.3 is 20.5 Å². The number of methoxy groups -OCH3 is 1. The highest BCUT2D eigenvalue weighted by atomic mass is 16.5. The van der Waals surface area contributed by atoms with Crippen LogP contribution in [0.5, 0.6) is 0 Å². The van der Waals surface area contributed by atoms with Crippen LogP contribution in [-0.4, -0.2) is 37.3 Å². The van der Waals surface area contributed by atoms with Crippen LogP contribution in [-0.2, 0) is 9.53 Å². The van der Waals surface area contributed by atoms with E-state index < -0.39 is 6.10 Å². The van der Waals surface area contributed by atoms with Crippen molar-refractivity contribution in [2.45, 2.75) is 32.4 Å². The van der Waals surface area contributed by atoms with E-state index in [1.165, 1.54) is 0 Å². The summed E-state index contributed by atoms with van der Waals surface area (Å²) in [6, 6.07) is 7.18. The molecule has 1 amide bonds. The zero-order valence-corrected chi connectivity index (χ0v) is 12.3. The number of rotatable bonds is 8. The maximum absolute atomic E-state index is 11.3. The molecule has 2 atom stereocenters. The molecule has 0 radical (unpaired) electrons. The van der Waals surface area contributed by atoms with Crippen LogP contribution in [0.2, 0.25) is 0 Å². The number of carbonyl (C=O) groups is 1. The molecule has 0 bridgehead atoms. The molecule has 0 spiro atoms. The molecule has 0 saturated carbocycles. The minimum atomic E-state index is -0.595. The SMILES string of the molecule is CCC(=O)Nc1ccc(C(O)C(C)NCCOC)cc1. The number of amides is 1. The monoisotopic (exact) mass is 280 g/mol. The lowest BCUT2D eigenvalue weighted by molar-refractivity contribution is -0.115. The Labute approximate surface area is 120 Å². The second kappa shape index (κ2) is 8.68. The van der Waals surface area contributed by atoms with E-state index >= 15 is 0 Å². The number of hydrogen-bond donors (Lipinski definition) is 3. The lowest BCUT2D eigenvalue weighted by Gasteiger charge is -2.20. The molecule has 0 aliphatic carbocycles. The van der Waals surface area contributed by atoms with Crippen LogP contribution in [0.4, 0.5) is 5.69 Å². The number of aliphatic hydroxyl groups excluding tert-OH is 1. The van der Waals surface area contributed by atoms with Crippen molar-refractivity contribution in [3.8, 4) is 0 Å². The van der Waals surface area contributed by atoms with Gasteiger partial charge in [0.1, 0.15) is 0 Å². The minimum absolute atomic E-state index is 0.0205. The first-order chi connectivity index (χ1) is 9.58. The van der Waals surface area contributed by atoms with Crippen molar-refractivity contribution in [1.82, 2.24) is 5.32 Å². The van der Waals surface area contributed by atoms with Crippen LogP contribution in [0.25, 0.3) is 0 Å². The molecule has 0 heterocycles. The van der Waals surface area contributed by atoms with Crippen LogP contribution in [0, 0.1) is 0 Å². The summed E-state index contributed by atoms with van der Waals surface area (Å²) < 4.78 is 4.96. The van der Waals surface area contributed by atoms with E-state index in [9.17, 15) is 9.90 Å². The van der Waals surface area contributed by atoms with Crippen LogP contribution < -0.4 is 10.6 Å². The van der Waals surface area contributed by atoms with Crippen molar-refractivity contribution in [1.29, 1.82) is 0 Å². The van der Waals surface area contributed by atoms with Gasteiger partial charge in [-0.15, -0.1) is 0 Å². The highest BCUT2D eigenvalue weighted by Gasteiger charge is 2.15. The number of hydrogen-bond acceptors (Lipinski definition) is 4. The van der Waals surface area contributed by atoms with Gasteiger partial charge in [-0.05, 0) is 24.6 Å². The highest BCUT2D eigenvalue weighted by molar-refractivity contribution is 5.90. The fourth-order valence-electron chi connectivity index (χ4n) is 1.80. The number of ether oxygens (including phenoxy) is 1. The van der Waals surface area contributed by atoms with Crippen molar-refractivity contribution in [3.05, 3.63) is 29.8 Å². The third-order valence-corrected chi connectivity index (χ3v) is 3.10. The highest BCUT2D eigenvalue weighted by Crippen LogP contribution is 2.19. The second-order valence-corrected chi connectivity index (χ2v) is 4.70. The van der Waals surface area contributed by atoms with Crippen molar-refractivity contribution >= 4 is 11.6 Å². The summed E-state index contributed by atoms with van der Waals surface area (Å²) >= 11 is 0. The lowest BCUT2D eigenvalue weighted by atomic mass is 10.0. The molecular weight excluding hydrogens is 256 g/mol. The third-order valence-electron chi connectivity index (χ3n) is 3.10. The molecule has 0 aromatic heterocycles. The summed E-state index contributed by atoms with van der Waals surface area (Å²) in [5.74, 6) is -0.0205. The van der Waals surface area contributed by atoms with Gasteiger partial charge in [-0.1, -0.05) is 19.1 Å². The first kappa shape index (κ1) is 16.6. The van der Waals surface area contributed by atoms with Gasteiger partial charge >= 0.3 is 0 Å². The average Bonchev–Trinajstić information content (AvgIpc) is 2.47. The molecule has 0 saturated heterocycles. The molecule has 2 unspecified atom stereocenters. The molecule has 3 N–H and O–H groups in total. The van der Waals surface area contributed by atoms with Gasteiger partial charge in [0, 0.05) is 31.8 Å². The Kier molecular flexibility index (Phi) is 7.22. The Morgan fingerprint density at radius 3 is 2.55 bits per heavy atom. The van der Waals surface area contributed by atoms with E-state index in [-0.39, 0.29) is 11.9 Å². The smallest absolute Gasteiger partial charge is 0.224 e. The first-order valence-corrected chi connectivity index (χ1v) is 6.88. The van der Waals surface area contributed by atoms with Crippen LogP contribution >= 0.6 is 0 Å². The van der Waals surface area contributed by atoms with Crippen molar-refractivity contribution in [2.75, 3.05) is 25.6 Å². The number of carbonyl (C=O) groups excluding carboxylic acids is 1. The fraction of sp³-hybridized carbons (Fsp3) is 0.533. The van der Waals surface area contributed by atoms with Crippen molar-refractivity contribution in [3.63, 3.8) is 0 Å². The van der Waals surface area contributed by atoms with Gasteiger partial charge in [0.05, 0.1) is 12.7 Å². The molecule has 1 aromatic rings. The minimum Gasteiger partial charge on any atom is -0.387 e. The molecule has 20 heavy (non-hydrogen) atoms. The second-order valence-electron chi connectivity index (χ2n) is 4.70. The van der Waals surface area contributed by atoms with Gasteiger partial charge in [-0.2, -0.15) is 0 Å². The fourth-order valence-corrected chi connectivity index (χ4v) is 1.80. The quantitative estimate of drug-likeness (QED) is 0.634. The molecule has 5 heteroatoms. The summed E-state index contributed by atoms with van der Waals surface area (Å²) in [6.45, 7) is 5.03. The van der Waals surface area contributed by atoms with E-state index in [4.69, 9.17) is 4.74 Å². The van der Waals surface area contributed by atoms with E-state index in [1.807, 2.05) is 19.1 Å². The third kappa shape index (κ3) is 5.28. The zero-order valence-electron chi connectivity index (χ0n) is 12.3. The largest absolute Gasteiger partial charge is 0.387 e. The van der Waals surface area contributed by atoms with Gasteiger partial charge in [-0.25, -0.2) is 0 Å². The summed E-state index contributed by atoms with van der Waals surface area (Å²) in [6.07, 6.45) is -0.145. The predicted molar refractivity (Wildman–Crippen MR) is 79.7 cm³/mol. The van der Waals surface area contributed by atoms with Gasteiger partial charge in [0.2, 0.25) is 5.91 Å². The molecule has 0 aliphatic rings. The Bertz CT molecular complexity index is 406. The number of nitrogens with one attached hydrogen (secondary N) is 2. The number of benzene rings is 1. The molecule has 112 valence electrons. The van der Waals surface area contributed by atoms with E-state index in [0.29, 0.717) is 19.6 Å². The molecule has 5 nitrogen and oxygen atoms in total.